The van der Waals surface area contributed by atoms with Crippen LogP contribution in [0, 0.1) is 12.7 Å². The van der Waals surface area contributed by atoms with Gasteiger partial charge in [0.25, 0.3) is 0 Å². The van der Waals surface area contributed by atoms with E-state index in [1.54, 1.807) is 24.4 Å². The first-order chi connectivity index (χ1) is 6.79. The minimum Gasteiger partial charge on any atom is -0.206 e. The zero-order chi connectivity index (χ0) is 9.97. The van der Waals surface area contributed by atoms with E-state index < -0.39 is 0 Å². The summed E-state index contributed by atoms with van der Waals surface area (Å²) in [7, 11) is 0. The Labute approximate surface area is 81.4 Å². The fraction of sp³-hybridized carbons (Fsp3) is 0.0909. The summed E-state index contributed by atoms with van der Waals surface area (Å²) in [6.45, 7) is 1.89. The molecule has 2 rings (SSSR count). The van der Waals surface area contributed by atoms with Gasteiger partial charge in [-0.15, -0.1) is 0 Å². The highest BCUT2D eigenvalue weighted by atomic mass is 19.1. The van der Waals surface area contributed by atoms with E-state index in [1.807, 2.05) is 13.0 Å². The third-order valence-corrected chi connectivity index (χ3v) is 2.05. The van der Waals surface area contributed by atoms with Gasteiger partial charge in [-0.05, 0) is 30.7 Å². The lowest BCUT2D eigenvalue weighted by atomic mass is 10.1. The highest BCUT2D eigenvalue weighted by Crippen LogP contribution is 2.22. The number of aryl methyl sites for hydroxylation is 1. The summed E-state index contributed by atoms with van der Waals surface area (Å²) in [6.07, 6.45) is 1.60. The normalized spacial score (nSPS) is 10.1. The molecule has 70 valence electrons. The molecule has 1 heterocycles. The predicted octanol–water partition coefficient (Wildman–Crippen LogP) is 2.59. The van der Waals surface area contributed by atoms with Gasteiger partial charge in [0.15, 0.2) is 0 Å². The van der Waals surface area contributed by atoms with Crippen LogP contribution in [0.1, 0.15) is 5.56 Å². The second-order valence-electron chi connectivity index (χ2n) is 3.04. The Kier molecular flexibility index (Phi) is 2.23. The molecule has 0 amide bonds. The lowest BCUT2D eigenvalue weighted by Gasteiger charge is -2.03. The molecule has 1 aromatic carbocycles. The highest BCUT2D eigenvalue weighted by Gasteiger charge is 2.07. The van der Waals surface area contributed by atoms with Crippen LogP contribution in [0.2, 0.25) is 0 Å². The van der Waals surface area contributed by atoms with Crippen molar-refractivity contribution in [3.05, 3.63) is 47.9 Å². The van der Waals surface area contributed by atoms with Gasteiger partial charge in [-0.3, -0.25) is 0 Å². The third-order valence-electron chi connectivity index (χ3n) is 2.05. The Bertz CT molecular complexity index is 411. The van der Waals surface area contributed by atoms with Crippen molar-refractivity contribution in [2.45, 2.75) is 6.92 Å². The molecule has 1 aromatic heterocycles. The molecular formula is C11H9FN2. The molecule has 0 aliphatic carbocycles. The average molecular weight is 188 g/mol. The maximum Gasteiger partial charge on any atom is 0.132 e. The van der Waals surface area contributed by atoms with Crippen molar-refractivity contribution >= 4 is 0 Å². The molecular weight excluding hydrogens is 179 g/mol. The van der Waals surface area contributed by atoms with Crippen molar-refractivity contribution in [2.24, 2.45) is 0 Å². The lowest BCUT2D eigenvalue weighted by molar-refractivity contribution is 0.630. The summed E-state index contributed by atoms with van der Waals surface area (Å²) in [6, 6.07) is 8.38. The van der Waals surface area contributed by atoms with Gasteiger partial charge in [0.1, 0.15) is 5.82 Å². The molecule has 0 saturated heterocycles. The molecule has 0 spiro atoms. The first-order valence-electron chi connectivity index (χ1n) is 4.32. The summed E-state index contributed by atoms with van der Waals surface area (Å²) < 4.78 is 13.4. The molecule has 0 unspecified atom stereocenters. The monoisotopic (exact) mass is 188 g/mol. The van der Waals surface area contributed by atoms with Gasteiger partial charge in [0.05, 0.1) is 5.69 Å². The van der Waals surface area contributed by atoms with Crippen molar-refractivity contribution in [2.75, 3.05) is 0 Å². The van der Waals surface area contributed by atoms with Crippen molar-refractivity contribution in [1.82, 2.24) is 10.2 Å². The van der Waals surface area contributed by atoms with Crippen LogP contribution < -0.4 is 0 Å². The quantitative estimate of drug-likeness (QED) is 0.687. The molecule has 0 atom stereocenters. The van der Waals surface area contributed by atoms with Crippen LogP contribution in [0.15, 0.2) is 36.5 Å². The second kappa shape index (κ2) is 3.54. The summed E-state index contributed by atoms with van der Waals surface area (Å²) in [4.78, 5) is 0. The Morgan fingerprint density at radius 3 is 2.64 bits per heavy atom. The van der Waals surface area contributed by atoms with Gasteiger partial charge in [-0.2, -0.15) is 10.2 Å². The predicted molar refractivity (Wildman–Crippen MR) is 52.2 cm³/mol. The van der Waals surface area contributed by atoms with Crippen LogP contribution in [-0.4, -0.2) is 10.2 Å². The van der Waals surface area contributed by atoms with Crippen molar-refractivity contribution in [1.29, 1.82) is 0 Å². The molecule has 14 heavy (non-hydrogen) atoms. The van der Waals surface area contributed by atoms with Gasteiger partial charge >= 0.3 is 0 Å². The molecule has 0 fully saturated rings. The van der Waals surface area contributed by atoms with E-state index in [2.05, 4.69) is 10.2 Å². The third kappa shape index (κ3) is 1.48. The fourth-order valence-electron chi connectivity index (χ4n) is 1.31. The topological polar surface area (TPSA) is 25.8 Å². The Balaban J connectivity index is 2.61. The number of nitrogens with zero attached hydrogens (tertiary/aromatic N) is 2. The van der Waals surface area contributed by atoms with Crippen molar-refractivity contribution in [3.8, 4) is 11.3 Å². The molecule has 3 heteroatoms. The zero-order valence-corrected chi connectivity index (χ0v) is 7.74. The van der Waals surface area contributed by atoms with E-state index in [-0.39, 0.29) is 5.82 Å². The summed E-state index contributed by atoms with van der Waals surface area (Å²) in [5, 5.41) is 7.67. The number of halogens is 1. The van der Waals surface area contributed by atoms with Crippen molar-refractivity contribution in [3.63, 3.8) is 0 Å². The summed E-state index contributed by atoms with van der Waals surface area (Å²) in [5.74, 6) is -0.267. The van der Waals surface area contributed by atoms with E-state index in [0.29, 0.717) is 11.3 Å². The summed E-state index contributed by atoms with van der Waals surface area (Å²) >= 11 is 0. The molecule has 0 aliphatic rings. The maximum absolute atomic E-state index is 13.4. The summed E-state index contributed by atoms with van der Waals surface area (Å²) in [5.41, 5.74) is 2.02. The van der Waals surface area contributed by atoms with Gasteiger partial charge in [-0.25, -0.2) is 4.39 Å². The SMILES string of the molecule is Cc1ccnnc1-c1ccccc1F. The molecule has 0 bridgehead atoms. The van der Waals surface area contributed by atoms with Gasteiger partial charge in [-0.1, -0.05) is 12.1 Å². The zero-order valence-electron chi connectivity index (χ0n) is 7.74. The molecule has 0 N–H and O–H groups in total. The van der Waals surface area contributed by atoms with E-state index in [0.717, 1.165) is 5.56 Å². The first-order valence-corrected chi connectivity index (χ1v) is 4.32. The minimum atomic E-state index is -0.267. The largest absolute Gasteiger partial charge is 0.206 e. The highest BCUT2D eigenvalue weighted by molar-refractivity contribution is 5.62. The van der Waals surface area contributed by atoms with E-state index in [4.69, 9.17) is 0 Å². The number of hydrogen-bond donors (Lipinski definition) is 0. The standard InChI is InChI=1S/C11H9FN2/c1-8-6-7-13-14-11(8)9-4-2-3-5-10(9)12/h2-7H,1H3. The first kappa shape index (κ1) is 8.81. The van der Waals surface area contributed by atoms with Crippen LogP contribution in [0.3, 0.4) is 0 Å². The molecule has 0 saturated carbocycles. The van der Waals surface area contributed by atoms with E-state index in [9.17, 15) is 4.39 Å². The van der Waals surface area contributed by atoms with Gasteiger partial charge in [0.2, 0.25) is 0 Å². The van der Waals surface area contributed by atoms with Gasteiger partial charge < -0.3 is 0 Å². The molecule has 0 aliphatic heterocycles. The fourth-order valence-corrected chi connectivity index (χ4v) is 1.31. The van der Waals surface area contributed by atoms with E-state index >= 15 is 0 Å². The number of benzene rings is 1. The lowest BCUT2D eigenvalue weighted by Crippen LogP contribution is -1.92. The van der Waals surface area contributed by atoms with Crippen LogP contribution in [0.25, 0.3) is 11.3 Å². The molecule has 2 nitrogen and oxygen atoms in total. The number of rotatable bonds is 1. The Morgan fingerprint density at radius 1 is 1.14 bits per heavy atom. The van der Waals surface area contributed by atoms with Gasteiger partial charge in [0, 0.05) is 11.8 Å². The number of aromatic nitrogens is 2. The number of hydrogen-bond acceptors (Lipinski definition) is 2. The van der Waals surface area contributed by atoms with E-state index in [1.165, 1.54) is 6.07 Å². The minimum absolute atomic E-state index is 0.267. The Hall–Kier alpha value is -1.77. The average Bonchev–Trinajstić information content (AvgIpc) is 2.20. The smallest absolute Gasteiger partial charge is 0.132 e. The van der Waals surface area contributed by atoms with Crippen LogP contribution >= 0.6 is 0 Å². The Morgan fingerprint density at radius 2 is 1.93 bits per heavy atom. The van der Waals surface area contributed by atoms with Crippen LogP contribution in [-0.2, 0) is 0 Å². The van der Waals surface area contributed by atoms with Crippen LogP contribution in [0.4, 0.5) is 4.39 Å². The molecule has 2 aromatic rings. The molecule has 0 radical (unpaired) electrons. The maximum atomic E-state index is 13.4. The van der Waals surface area contributed by atoms with Crippen LogP contribution in [0.5, 0.6) is 0 Å². The van der Waals surface area contributed by atoms with Crippen molar-refractivity contribution < 1.29 is 4.39 Å². The second-order valence-corrected chi connectivity index (χ2v) is 3.04.